The number of rotatable bonds is 7. The first-order valence-corrected chi connectivity index (χ1v) is 12.5. The van der Waals surface area contributed by atoms with Gasteiger partial charge in [-0.3, -0.25) is 9.59 Å². The van der Waals surface area contributed by atoms with E-state index >= 15 is 0 Å². The minimum Gasteiger partial charge on any atom is -0.494 e. The fourth-order valence-corrected chi connectivity index (χ4v) is 4.96. The van der Waals surface area contributed by atoms with Crippen molar-refractivity contribution in [2.75, 3.05) is 13.4 Å². The predicted octanol–water partition coefficient (Wildman–Crippen LogP) is 5.75. The molecule has 0 N–H and O–H groups in total. The van der Waals surface area contributed by atoms with E-state index in [-0.39, 0.29) is 30.4 Å². The number of aryl methyl sites for hydroxylation is 1. The van der Waals surface area contributed by atoms with E-state index in [0.717, 1.165) is 35.3 Å². The Morgan fingerprint density at radius 2 is 1.78 bits per heavy atom. The molecule has 0 spiro atoms. The second-order valence-corrected chi connectivity index (χ2v) is 9.47. The molecule has 2 aliphatic rings. The van der Waals surface area contributed by atoms with Crippen LogP contribution in [-0.2, 0) is 6.54 Å². The molecule has 1 atom stereocenters. The molecule has 3 aromatic carbocycles. The molecule has 6 rings (SSSR count). The van der Waals surface area contributed by atoms with Gasteiger partial charge in [0.1, 0.15) is 11.3 Å². The van der Waals surface area contributed by atoms with Gasteiger partial charge in [-0.25, -0.2) is 0 Å². The van der Waals surface area contributed by atoms with Gasteiger partial charge >= 0.3 is 0 Å². The molecule has 3 heterocycles. The fourth-order valence-electron chi connectivity index (χ4n) is 4.96. The van der Waals surface area contributed by atoms with Gasteiger partial charge in [0.2, 0.25) is 12.6 Å². The number of ether oxygens (including phenoxy) is 3. The lowest BCUT2D eigenvalue weighted by Gasteiger charge is -2.25. The van der Waals surface area contributed by atoms with E-state index in [1.54, 1.807) is 11.0 Å². The quantitative estimate of drug-likeness (QED) is 0.302. The Morgan fingerprint density at radius 3 is 2.59 bits per heavy atom. The molecule has 7 heteroatoms. The predicted molar refractivity (Wildman–Crippen MR) is 138 cm³/mol. The van der Waals surface area contributed by atoms with Crippen molar-refractivity contribution in [3.63, 3.8) is 0 Å². The highest BCUT2D eigenvalue weighted by Gasteiger charge is 2.42. The van der Waals surface area contributed by atoms with Crippen LogP contribution >= 0.6 is 0 Å². The Balaban J connectivity index is 1.44. The van der Waals surface area contributed by atoms with Crippen LogP contribution in [-0.4, -0.2) is 24.2 Å². The molecule has 188 valence electrons. The molecule has 0 radical (unpaired) electrons. The van der Waals surface area contributed by atoms with Crippen molar-refractivity contribution in [2.24, 2.45) is 0 Å². The number of unbranched alkanes of at least 4 members (excludes halogenated alkanes) is 1. The molecular formula is C30H27NO6. The largest absolute Gasteiger partial charge is 0.494 e. The first kappa shape index (κ1) is 23.2. The van der Waals surface area contributed by atoms with Crippen LogP contribution in [0.1, 0.15) is 58.6 Å². The Hall–Kier alpha value is -4.26. The minimum absolute atomic E-state index is 0.0929. The number of hydrogen-bond acceptors (Lipinski definition) is 6. The molecule has 37 heavy (non-hydrogen) atoms. The standard InChI is InChI=1S/C30H27NO6/c1-3-4-13-34-21-9-7-20(8-10-21)27-26-28(32)22-14-18(2)5-11-23(22)37-29(26)30(33)31(27)16-19-6-12-24-25(15-19)36-17-35-24/h5-12,14-15,27H,3-4,13,16-17H2,1-2H3/t27-/m1/s1. The van der Waals surface area contributed by atoms with Crippen LogP contribution in [0.4, 0.5) is 0 Å². The zero-order chi connectivity index (χ0) is 25.5. The van der Waals surface area contributed by atoms with Crippen molar-refractivity contribution < 1.29 is 23.4 Å². The maximum Gasteiger partial charge on any atom is 0.291 e. The summed E-state index contributed by atoms with van der Waals surface area (Å²) in [6.45, 7) is 5.14. The topological polar surface area (TPSA) is 78.2 Å². The smallest absolute Gasteiger partial charge is 0.291 e. The van der Waals surface area contributed by atoms with Crippen molar-refractivity contribution in [3.8, 4) is 17.2 Å². The summed E-state index contributed by atoms with van der Waals surface area (Å²) < 4.78 is 22.9. The summed E-state index contributed by atoms with van der Waals surface area (Å²) in [6.07, 6.45) is 2.03. The third kappa shape index (κ3) is 4.10. The molecule has 0 aliphatic carbocycles. The first-order valence-electron chi connectivity index (χ1n) is 12.5. The lowest BCUT2D eigenvalue weighted by Crippen LogP contribution is -2.29. The molecule has 0 fully saturated rings. The molecule has 0 bridgehead atoms. The van der Waals surface area contributed by atoms with Gasteiger partial charge in [0.05, 0.1) is 23.6 Å². The molecule has 7 nitrogen and oxygen atoms in total. The van der Waals surface area contributed by atoms with E-state index in [1.807, 2.05) is 61.5 Å². The zero-order valence-electron chi connectivity index (χ0n) is 20.8. The first-order chi connectivity index (χ1) is 18.0. The normalized spacial score (nSPS) is 15.9. The molecule has 0 saturated heterocycles. The van der Waals surface area contributed by atoms with Gasteiger partial charge in [-0.1, -0.05) is 43.2 Å². The SMILES string of the molecule is CCCCOc1ccc([C@@H]2c3c(oc4ccc(C)cc4c3=O)C(=O)N2Cc2ccc3c(c2)OCO3)cc1. The van der Waals surface area contributed by atoms with Gasteiger partial charge in [-0.2, -0.15) is 0 Å². The Bertz CT molecular complexity index is 1560. The number of carbonyl (C=O) groups is 1. The fraction of sp³-hybridized carbons (Fsp3) is 0.267. The zero-order valence-corrected chi connectivity index (χ0v) is 20.8. The van der Waals surface area contributed by atoms with Crippen LogP contribution in [0.25, 0.3) is 11.0 Å². The second-order valence-electron chi connectivity index (χ2n) is 9.47. The molecule has 0 unspecified atom stereocenters. The van der Waals surface area contributed by atoms with Gasteiger partial charge in [0, 0.05) is 6.54 Å². The lowest BCUT2D eigenvalue weighted by molar-refractivity contribution is 0.0714. The van der Waals surface area contributed by atoms with Crippen LogP contribution in [0.15, 0.2) is 69.9 Å². The summed E-state index contributed by atoms with van der Waals surface area (Å²) in [5.41, 5.74) is 3.22. The van der Waals surface area contributed by atoms with Crippen molar-refractivity contribution in [3.05, 3.63) is 98.9 Å². The molecule has 4 aromatic rings. The Labute approximate surface area is 214 Å². The average Bonchev–Trinajstić information content (AvgIpc) is 3.48. The van der Waals surface area contributed by atoms with Crippen molar-refractivity contribution in [1.29, 1.82) is 0 Å². The van der Waals surface area contributed by atoms with E-state index in [1.165, 1.54) is 0 Å². The monoisotopic (exact) mass is 497 g/mol. The van der Waals surface area contributed by atoms with Crippen molar-refractivity contribution in [2.45, 2.75) is 39.3 Å². The Kier molecular flexibility index (Phi) is 5.83. The molecule has 0 saturated carbocycles. The van der Waals surface area contributed by atoms with Crippen LogP contribution in [0.2, 0.25) is 0 Å². The maximum absolute atomic E-state index is 13.8. The number of benzene rings is 3. The minimum atomic E-state index is -0.598. The van der Waals surface area contributed by atoms with Gasteiger partial charge in [-0.05, 0) is 60.9 Å². The van der Waals surface area contributed by atoms with E-state index in [4.69, 9.17) is 18.6 Å². The van der Waals surface area contributed by atoms with Crippen LogP contribution in [0.5, 0.6) is 17.2 Å². The van der Waals surface area contributed by atoms with Gasteiger partial charge < -0.3 is 23.5 Å². The lowest BCUT2D eigenvalue weighted by atomic mass is 9.97. The molecule has 2 aliphatic heterocycles. The number of amides is 1. The molecular weight excluding hydrogens is 470 g/mol. The molecule has 1 aromatic heterocycles. The second kappa shape index (κ2) is 9.32. The van der Waals surface area contributed by atoms with Crippen LogP contribution in [0.3, 0.4) is 0 Å². The third-order valence-corrected chi connectivity index (χ3v) is 6.87. The summed E-state index contributed by atoms with van der Waals surface area (Å²) in [5.74, 6) is 1.84. The van der Waals surface area contributed by atoms with Crippen LogP contribution in [0, 0.1) is 6.92 Å². The number of hydrogen-bond donors (Lipinski definition) is 0. The van der Waals surface area contributed by atoms with Gasteiger partial charge in [0.15, 0.2) is 16.9 Å². The van der Waals surface area contributed by atoms with Crippen LogP contribution < -0.4 is 19.6 Å². The van der Waals surface area contributed by atoms with Crippen molar-refractivity contribution >= 4 is 16.9 Å². The van der Waals surface area contributed by atoms with E-state index in [9.17, 15) is 9.59 Å². The van der Waals surface area contributed by atoms with E-state index < -0.39 is 6.04 Å². The number of carbonyl (C=O) groups excluding carboxylic acids is 1. The highest BCUT2D eigenvalue weighted by atomic mass is 16.7. The van der Waals surface area contributed by atoms with E-state index in [0.29, 0.717) is 34.6 Å². The summed E-state index contributed by atoms with van der Waals surface area (Å²) in [6, 6.07) is 18.1. The Morgan fingerprint density at radius 1 is 0.973 bits per heavy atom. The third-order valence-electron chi connectivity index (χ3n) is 6.87. The highest BCUT2D eigenvalue weighted by molar-refractivity contribution is 5.99. The number of nitrogens with zero attached hydrogens (tertiary/aromatic N) is 1. The highest BCUT2D eigenvalue weighted by Crippen LogP contribution is 2.41. The summed E-state index contributed by atoms with van der Waals surface area (Å²) in [5, 5.41) is 0.473. The maximum atomic E-state index is 13.8. The van der Waals surface area contributed by atoms with E-state index in [2.05, 4.69) is 6.92 Å². The summed E-state index contributed by atoms with van der Waals surface area (Å²) in [4.78, 5) is 29.2. The average molecular weight is 498 g/mol. The summed E-state index contributed by atoms with van der Waals surface area (Å²) in [7, 11) is 0. The van der Waals surface area contributed by atoms with Crippen molar-refractivity contribution in [1.82, 2.24) is 4.90 Å². The van der Waals surface area contributed by atoms with Gasteiger partial charge in [0.25, 0.3) is 5.91 Å². The van der Waals surface area contributed by atoms with Gasteiger partial charge in [-0.15, -0.1) is 0 Å². The molecule has 1 amide bonds. The number of fused-ring (bicyclic) bond motifs is 3. The summed E-state index contributed by atoms with van der Waals surface area (Å²) >= 11 is 0.